The molecule has 1 heterocycles. The van der Waals surface area contributed by atoms with Crippen molar-refractivity contribution < 1.29 is 13.9 Å². The molecule has 4 aromatic rings. The lowest BCUT2D eigenvalue weighted by Crippen LogP contribution is -2.34. The smallest absolute Gasteiger partial charge is 0.344 e. The molecule has 0 fully saturated rings. The third kappa shape index (κ3) is 4.71. The zero-order valence-electron chi connectivity index (χ0n) is 16.8. The van der Waals surface area contributed by atoms with Crippen LogP contribution in [0, 0.1) is 0 Å². The highest BCUT2D eigenvalue weighted by atomic mass is 79.9. The van der Waals surface area contributed by atoms with Crippen molar-refractivity contribution in [3.05, 3.63) is 93.3 Å². The lowest BCUT2D eigenvalue weighted by molar-refractivity contribution is 0.0977. The number of methoxy groups -OCH3 is 1. The highest BCUT2D eigenvalue weighted by Gasteiger charge is 2.14. The van der Waals surface area contributed by atoms with Crippen molar-refractivity contribution in [3.8, 4) is 16.9 Å². The number of hydrogen-bond acceptors (Lipinski definition) is 5. The molecule has 0 saturated carbocycles. The molecule has 1 amide bonds. The number of fused-ring (bicyclic) bond motifs is 1. The standard InChI is InChI=1S/C24H17BrN2O4S/c1-30-21-10-9-14(18-12-15-5-2-3-8-20(15)31-23(18)29)13-19(21)26-24(32)27-22(28)16-6-4-7-17(25)11-16/h2-13H,1H3,(H2,26,27,28,32). The predicted octanol–water partition coefficient (Wildman–Crippen LogP) is 5.36. The van der Waals surface area contributed by atoms with Crippen LogP contribution in [-0.4, -0.2) is 18.1 Å². The van der Waals surface area contributed by atoms with Crippen LogP contribution < -0.4 is 21.0 Å². The highest BCUT2D eigenvalue weighted by Crippen LogP contribution is 2.30. The molecule has 4 rings (SSSR count). The van der Waals surface area contributed by atoms with Crippen LogP contribution >= 0.6 is 28.1 Å². The van der Waals surface area contributed by atoms with Crippen LogP contribution in [0.4, 0.5) is 5.69 Å². The number of anilines is 1. The van der Waals surface area contributed by atoms with E-state index < -0.39 is 5.63 Å². The number of hydrogen-bond donors (Lipinski definition) is 2. The Morgan fingerprint density at radius 3 is 2.62 bits per heavy atom. The van der Waals surface area contributed by atoms with E-state index in [1.807, 2.05) is 24.3 Å². The van der Waals surface area contributed by atoms with Crippen molar-refractivity contribution in [2.75, 3.05) is 12.4 Å². The zero-order valence-corrected chi connectivity index (χ0v) is 19.2. The largest absolute Gasteiger partial charge is 0.495 e. The van der Waals surface area contributed by atoms with Crippen LogP contribution in [0.2, 0.25) is 0 Å². The molecular weight excluding hydrogens is 492 g/mol. The van der Waals surface area contributed by atoms with Crippen LogP contribution in [0.25, 0.3) is 22.1 Å². The first kappa shape index (κ1) is 21.7. The first-order valence-corrected chi connectivity index (χ1v) is 10.7. The minimum Gasteiger partial charge on any atom is -0.495 e. The van der Waals surface area contributed by atoms with Gasteiger partial charge in [-0.2, -0.15) is 0 Å². The Kier molecular flexibility index (Phi) is 6.34. The average molecular weight is 509 g/mol. The van der Waals surface area contributed by atoms with E-state index in [1.165, 1.54) is 7.11 Å². The van der Waals surface area contributed by atoms with Crippen LogP contribution in [0.5, 0.6) is 5.75 Å². The normalized spacial score (nSPS) is 10.6. The molecule has 0 unspecified atom stereocenters. The summed E-state index contributed by atoms with van der Waals surface area (Å²) in [5, 5.41) is 6.52. The molecule has 0 spiro atoms. The van der Waals surface area contributed by atoms with Crippen molar-refractivity contribution >= 4 is 55.8 Å². The van der Waals surface area contributed by atoms with E-state index in [2.05, 4.69) is 26.6 Å². The molecule has 160 valence electrons. The predicted molar refractivity (Wildman–Crippen MR) is 132 cm³/mol. The number of halogens is 1. The number of para-hydroxylation sites is 1. The van der Waals surface area contributed by atoms with Gasteiger partial charge in [0.1, 0.15) is 11.3 Å². The summed E-state index contributed by atoms with van der Waals surface area (Å²) in [7, 11) is 1.52. The van der Waals surface area contributed by atoms with E-state index >= 15 is 0 Å². The number of carbonyl (C=O) groups excluding carboxylic acids is 1. The summed E-state index contributed by atoms with van der Waals surface area (Å²) in [4.78, 5) is 25.0. The van der Waals surface area contributed by atoms with Gasteiger partial charge in [-0.1, -0.05) is 46.3 Å². The summed E-state index contributed by atoms with van der Waals surface area (Å²) in [6, 6.07) is 21.2. The van der Waals surface area contributed by atoms with E-state index in [1.54, 1.807) is 48.5 Å². The van der Waals surface area contributed by atoms with Crippen molar-refractivity contribution in [3.63, 3.8) is 0 Å². The molecule has 1 aromatic heterocycles. The number of rotatable bonds is 4. The molecule has 0 radical (unpaired) electrons. The van der Waals surface area contributed by atoms with Gasteiger partial charge in [0.2, 0.25) is 0 Å². The van der Waals surface area contributed by atoms with Gasteiger partial charge in [-0.3, -0.25) is 10.1 Å². The molecule has 0 aliphatic rings. The summed E-state index contributed by atoms with van der Waals surface area (Å²) in [6.45, 7) is 0. The Hall–Kier alpha value is -3.49. The Balaban J connectivity index is 1.61. The lowest BCUT2D eigenvalue weighted by atomic mass is 10.0. The Labute approximate surface area is 197 Å². The first-order valence-electron chi connectivity index (χ1n) is 9.54. The van der Waals surface area contributed by atoms with Crippen molar-refractivity contribution in [2.24, 2.45) is 0 Å². The molecule has 0 bridgehead atoms. The second-order valence-corrected chi connectivity index (χ2v) is 8.14. The van der Waals surface area contributed by atoms with Crippen molar-refractivity contribution in [1.29, 1.82) is 0 Å². The van der Waals surface area contributed by atoms with E-state index in [0.717, 1.165) is 9.86 Å². The van der Waals surface area contributed by atoms with Crippen LogP contribution in [0.3, 0.4) is 0 Å². The minimum atomic E-state index is -0.453. The van der Waals surface area contributed by atoms with E-state index in [9.17, 15) is 9.59 Å². The molecule has 0 atom stereocenters. The van der Waals surface area contributed by atoms with Gasteiger partial charge in [0.05, 0.1) is 18.4 Å². The zero-order chi connectivity index (χ0) is 22.7. The van der Waals surface area contributed by atoms with Crippen LogP contribution in [0.15, 0.2) is 86.5 Å². The number of nitrogens with one attached hydrogen (secondary N) is 2. The lowest BCUT2D eigenvalue weighted by Gasteiger charge is -2.14. The van der Waals surface area contributed by atoms with E-state index in [0.29, 0.717) is 33.7 Å². The highest BCUT2D eigenvalue weighted by molar-refractivity contribution is 9.10. The Morgan fingerprint density at radius 2 is 1.84 bits per heavy atom. The number of thiocarbonyl (C=S) groups is 1. The maximum Gasteiger partial charge on any atom is 0.344 e. The number of ether oxygens (including phenoxy) is 1. The Morgan fingerprint density at radius 1 is 1.03 bits per heavy atom. The topological polar surface area (TPSA) is 80.6 Å². The van der Waals surface area contributed by atoms with Crippen LogP contribution in [-0.2, 0) is 0 Å². The van der Waals surface area contributed by atoms with E-state index in [-0.39, 0.29) is 11.0 Å². The molecule has 0 saturated heterocycles. The van der Waals surface area contributed by atoms with Crippen molar-refractivity contribution in [1.82, 2.24) is 5.32 Å². The number of carbonyl (C=O) groups is 1. The summed E-state index contributed by atoms with van der Waals surface area (Å²) >= 11 is 8.65. The fraction of sp³-hybridized carbons (Fsp3) is 0.0417. The molecule has 3 aromatic carbocycles. The van der Waals surface area contributed by atoms with Gasteiger partial charge in [-0.15, -0.1) is 0 Å². The third-order valence-electron chi connectivity index (χ3n) is 4.71. The quantitative estimate of drug-likeness (QED) is 0.285. The monoisotopic (exact) mass is 508 g/mol. The van der Waals surface area contributed by atoms with Crippen molar-refractivity contribution in [2.45, 2.75) is 0 Å². The molecule has 0 aliphatic heterocycles. The van der Waals surface area contributed by atoms with Gasteiger partial charge in [-0.25, -0.2) is 4.79 Å². The summed E-state index contributed by atoms with van der Waals surface area (Å²) in [5.74, 6) is 0.145. The summed E-state index contributed by atoms with van der Waals surface area (Å²) in [5.41, 5.74) is 2.04. The number of benzene rings is 3. The molecule has 8 heteroatoms. The van der Waals surface area contributed by atoms with Gasteiger partial charge in [0, 0.05) is 15.4 Å². The second kappa shape index (κ2) is 9.33. The molecule has 32 heavy (non-hydrogen) atoms. The van der Waals surface area contributed by atoms with Gasteiger partial charge in [0.15, 0.2) is 5.11 Å². The first-order chi connectivity index (χ1) is 15.4. The van der Waals surface area contributed by atoms with E-state index in [4.69, 9.17) is 21.4 Å². The molecular formula is C24H17BrN2O4S. The average Bonchev–Trinajstić information content (AvgIpc) is 2.78. The summed E-state index contributed by atoms with van der Waals surface area (Å²) in [6.07, 6.45) is 0. The van der Waals surface area contributed by atoms with Gasteiger partial charge in [0.25, 0.3) is 5.91 Å². The number of amides is 1. The Bertz CT molecular complexity index is 1400. The molecule has 6 nitrogen and oxygen atoms in total. The second-order valence-electron chi connectivity index (χ2n) is 6.82. The third-order valence-corrected chi connectivity index (χ3v) is 5.41. The fourth-order valence-corrected chi connectivity index (χ4v) is 3.80. The van der Waals surface area contributed by atoms with Crippen LogP contribution in [0.1, 0.15) is 10.4 Å². The summed E-state index contributed by atoms with van der Waals surface area (Å²) < 4.78 is 11.6. The maximum atomic E-state index is 12.5. The van der Waals surface area contributed by atoms with Gasteiger partial charge >= 0.3 is 5.63 Å². The maximum absolute atomic E-state index is 12.5. The van der Waals surface area contributed by atoms with Gasteiger partial charge in [-0.05, 0) is 60.2 Å². The minimum absolute atomic E-state index is 0.0935. The molecule has 2 N–H and O–H groups in total. The fourth-order valence-electron chi connectivity index (χ4n) is 3.19. The SMILES string of the molecule is COc1ccc(-c2cc3ccccc3oc2=O)cc1NC(=S)NC(=O)c1cccc(Br)c1. The molecule has 0 aliphatic carbocycles. The van der Waals surface area contributed by atoms with Gasteiger partial charge < -0.3 is 14.5 Å².